The van der Waals surface area contributed by atoms with Gasteiger partial charge in [-0.05, 0) is 19.3 Å². The summed E-state index contributed by atoms with van der Waals surface area (Å²) in [6, 6.07) is 0. The first-order valence-electron chi connectivity index (χ1n) is 2.58. The van der Waals surface area contributed by atoms with E-state index >= 15 is 0 Å². The van der Waals surface area contributed by atoms with Crippen molar-refractivity contribution in [2.45, 2.75) is 19.3 Å². The average Bonchev–Trinajstić information content (AvgIpc) is 1.72. The van der Waals surface area contributed by atoms with Gasteiger partial charge in [0.05, 0.1) is 0 Å². The second-order valence-corrected chi connectivity index (χ2v) is 1.67. The molecule has 0 atom stereocenters. The maximum absolute atomic E-state index is 5.07. The molecule has 1 radical (unpaired) electrons. The number of rotatable bonds is 0. The van der Waals surface area contributed by atoms with Gasteiger partial charge in [0.15, 0.2) is 0 Å². The molecule has 0 aromatic rings. The zero-order valence-corrected chi connectivity index (χ0v) is 9.19. The van der Waals surface area contributed by atoms with Crippen molar-refractivity contribution in [3.63, 3.8) is 0 Å². The molecular formula is C5H10Cl3OV-3. The topological polar surface area (TPSA) is 9.23 Å². The van der Waals surface area contributed by atoms with E-state index < -0.39 is 0 Å². The van der Waals surface area contributed by atoms with Gasteiger partial charge >= 0.3 is 0 Å². The molecule has 1 aliphatic rings. The minimum atomic E-state index is 0. The van der Waals surface area contributed by atoms with E-state index in [9.17, 15) is 0 Å². The van der Waals surface area contributed by atoms with Gasteiger partial charge in [0.25, 0.3) is 0 Å². The molecule has 0 spiro atoms. The molecule has 1 rings (SSSR count). The van der Waals surface area contributed by atoms with Crippen LogP contribution < -0.4 is 37.2 Å². The van der Waals surface area contributed by atoms with Crippen LogP contribution in [0, 0.1) is 0 Å². The van der Waals surface area contributed by atoms with Gasteiger partial charge in [0.2, 0.25) is 0 Å². The zero-order valence-electron chi connectivity index (χ0n) is 5.52. The van der Waals surface area contributed by atoms with Gasteiger partial charge in [-0.15, -0.1) is 0 Å². The van der Waals surface area contributed by atoms with Crippen LogP contribution in [-0.2, 0) is 23.3 Å². The van der Waals surface area contributed by atoms with E-state index in [-0.39, 0.29) is 55.8 Å². The van der Waals surface area contributed by atoms with Gasteiger partial charge in [-0.3, -0.25) is 0 Å². The van der Waals surface area contributed by atoms with E-state index in [4.69, 9.17) is 4.74 Å². The third-order valence-electron chi connectivity index (χ3n) is 1.08. The first kappa shape index (κ1) is 22.5. The summed E-state index contributed by atoms with van der Waals surface area (Å²) in [6.45, 7) is 2.00. The van der Waals surface area contributed by atoms with Crippen LogP contribution in [0.1, 0.15) is 19.3 Å². The Bertz CT molecular complexity index is 32.4. The SMILES string of the molecule is C1CCOCC1.[Cl-].[Cl-].[Cl-].[V]. The molecule has 5 heteroatoms. The van der Waals surface area contributed by atoms with E-state index in [1.54, 1.807) is 0 Å². The molecule has 0 unspecified atom stereocenters. The van der Waals surface area contributed by atoms with Crippen molar-refractivity contribution in [2.75, 3.05) is 13.2 Å². The first-order chi connectivity index (χ1) is 3.00. The van der Waals surface area contributed by atoms with Gasteiger partial charge < -0.3 is 42.0 Å². The smallest absolute Gasteiger partial charge is 0.0466 e. The summed E-state index contributed by atoms with van der Waals surface area (Å²) in [4.78, 5) is 0. The summed E-state index contributed by atoms with van der Waals surface area (Å²) in [6.07, 6.45) is 3.93. The van der Waals surface area contributed by atoms with Crippen molar-refractivity contribution in [2.24, 2.45) is 0 Å². The molecule has 0 aromatic heterocycles. The predicted octanol–water partition coefficient (Wildman–Crippen LogP) is -7.80. The summed E-state index contributed by atoms with van der Waals surface area (Å²) >= 11 is 0. The maximum Gasteiger partial charge on any atom is 0.0466 e. The van der Waals surface area contributed by atoms with Crippen molar-refractivity contribution in [3.05, 3.63) is 0 Å². The number of hydrogen-bond donors (Lipinski definition) is 0. The number of ether oxygens (including phenoxy) is 1. The number of halogens is 3. The van der Waals surface area contributed by atoms with Crippen molar-refractivity contribution < 1.29 is 60.5 Å². The minimum absolute atomic E-state index is 0. The Morgan fingerprint density at radius 3 is 1.20 bits per heavy atom. The molecule has 1 fully saturated rings. The summed E-state index contributed by atoms with van der Waals surface area (Å²) in [7, 11) is 0. The second kappa shape index (κ2) is 16.8. The van der Waals surface area contributed by atoms with Crippen LogP contribution in [0.5, 0.6) is 0 Å². The molecule has 10 heavy (non-hydrogen) atoms. The molecule has 1 saturated heterocycles. The fraction of sp³-hybridized carbons (Fsp3) is 1.00. The van der Waals surface area contributed by atoms with E-state index in [1.165, 1.54) is 19.3 Å². The molecule has 0 bridgehead atoms. The van der Waals surface area contributed by atoms with Crippen LogP contribution >= 0.6 is 0 Å². The summed E-state index contributed by atoms with van der Waals surface area (Å²) in [5.41, 5.74) is 0. The Balaban J connectivity index is -0.0000000450. The molecule has 0 amide bonds. The molecule has 0 N–H and O–H groups in total. The quantitative estimate of drug-likeness (QED) is 0.411. The van der Waals surface area contributed by atoms with Crippen molar-refractivity contribution in [1.29, 1.82) is 0 Å². The fourth-order valence-corrected chi connectivity index (χ4v) is 0.687. The third kappa shape index (κ3) is 12.1. The summed E-state index contributed by atoms with van der Waals surface area (Å²) in [5.74, 6) is 0. The fourth-order valence-electron chi connectivity index (χ4n) is 0.687. The van der Waals surface area contributed by atoms with E-state index in [2.05, 4.69) is 0 Å². The van der Waals surface area contributed by atoms with Crippen LogP contribution in [0.15, 0.2) is 0 Å². The van der Waals surface area contributed by atoms with Gasteiger partial charge in [0, 0.05) is 31.8 Å². The minimum Gasteiger partial charge on any atom is -1.00 e. The Morgan fingerprint density at radius 2 is 1.10 bits per heavy atom. The van der Waals surface area contributed by atoms with Crippen molar-refractivity contribution >= 4 is 0 Å². The molecule has 0 aliphatic carbocycles. The molecule has 65 valence electrons. The van der Waals surface area contributed by atoms with Gasteiger partial charge in [0.1, 0.15) is 0 Å². The molecule has 0 aromatic carbocycles. The van der Waals surface area contributed by atoms with Crippen molar-refractivity contribution in [1.82, 2.24) is 0 Å². The Labute approximate surface area is 92.8 Å². The number of hydrogen-bond acceptors (Lipinski definition) is 1. The van der Waals surface area contributed by atoms with Gasteiger partial charge in [-0.2, -0.15) is 0 Å². The molecule has 1 aliphatic heterocycles. The van der Waals surface area contributed by atoms with E-state index in [1.807, 2.05) is 0 Å². The molecular weight excluding hydrogens is 233 g/mol. The monoisotopic (exact) mass is 242 g/mol. The van der Waals surface area contributed by atoms with E-state index in [0.29, 0.717) is 0 Å². The summed E-state index contributed by atoms with van der Waals surface area (Å²) < 4.78 is 5.07. The third-order valence-corrected chi connectivity index (χ3v) is 1.08. The normalized spacial score (nSPS) is 14.4. The van der Waals surface area contributed by atoms with Gasteiger partial charge in [-0.1, -0.05) is 0 Å². The van der Waals surface area contributed by atoms with Gasteiger partial charge in [-0.25, -0.2) is 0 Å². The molecule has 1 nitrogen and oxygen atoms in total. The molecule has 0 saturated carbocycles. The Hall–Kier alpha value is 1.41. The largest absolute Gasteiger partial charge is 1.00 e. The average molecular weight is 243 g/mol. The van der Waals surface area contributed by atoms with Crippen LogP contribution in [0.3, 0.4) is 0 Å². The summed E-state index contributed by atoms with van der Waals surface area (Å²) in [5, 5.41) is 0. The van der Waals surface area contributed by atoms with Crippen molar-refractivity contribution in [3.8, 4) is 0 Å². The second-order valence-electron chi connectivity index (χ2n) is 1.67. The standard InChI is InChI=1S/C5H10O.3ClH.V/c1-2-4-6-5-3-1;;;;/h1-5H2;3*1H;/p-3. The first-order valence-corrected chi connectivity index (χ1v) is 2.58. The zero-order chi connectivity index (χ0) is 4.24. The van der Waals surface area contributed by atoms with E-state index in [0.717, 1.165) is 13.2 Å². The van der Waals surface area contributed by atoms with Crippen LogP contribution in [-0.4, -0.2) is 13.2 Å². The van der Waals surface area contributed by atoms with Crippen LogP contribution in [0.2, 0.25) is 0 Å². The Kier molecular flexibility index (Phi) is 37.8. The maximum atomic E-state index is 5.07. The van der Waals surface area contributed by atoms with Crippen LogP contribution in [0.25, 0.3) is 0 Å². The van der Waals surface area contributed by atoms with Crippen LogP contribution in [0.4, 0.5) is 0 Å². The predicted molar refractivity (Wildman–Crippen MR) is 24.7 cm³/mol. The molecule has 1 heterocycles. The Morgan fingerprint density at radius 1 is 0.700 bits per heavy atom.